The molecule has 102 valence electrons. The van der Waals surface area contributed by atoms with Gasteiger partial charge in [-0.3, -0.25) is 0 Å². The third-order valence-electron chi connectivity index (χ3n) is 3.78. The smallest absolute Gasteiger partial charge is 0.133 e. The zero-order chi connectivity index (χ0) is 13.2. The molecule has 0 aromatic carbocycles. The van der Waals surface area contributed by atoms with E-state index in [-0.39, 0.29) is 0 Å². The molecule has 19 heavy (non-hydrogen) atoms. The van der Waals surface area contributed by atoms with Crippen LogP contribution in [-0.2, 0) is 13.0 Å². The zero-order valence-corrected chi connectivity index (χ0v) is 11.6. The highest BCUT2D eigenvalue weighted by Gasteiger charge is 2.21. The van der Waals surface area contributed by atoms with E-state index in [9.17, 15) is 0 Å². The van der Waals surface area contributed by atoms with E-state index in [0.717, 1.165) is 24.5 Å². The van der Waals surface area contributed by atoms with Crippen LogP contribution in [0.15, 0.2) is 23.0 Å². The van der Waals surface area contributed by atoms with E-state index in [2.05, 4.69) is 34.4 Å². The van der Waals surface area contributed by atoms with Gasteiger partial charge in [-0.2, -0.15) is 0 Å². The van der Waals surface area contributed by atoms with Crippen molar-refractivity contribution in [1.29, 1.82) is 0 Å². The van der Waals surface area contributed by atoms with E-state index in [4.69, 9.17) is 4.52 Å². The Balaban J connectivity index is 1.81. The summed E-state index contributed by atoms with van der Waals surface area (Å²) in [6.45, 7) is 5.92. The quantitative estimate of drug-likeness (QED) is 0.918. The lowest BCUT2D eigenvalue weighted by Gasteiger charge is -2.22. The van der Waals surface area contributed by atoms with Gasteiger partial charge >= 0.3 is 0 Å². The summed E-state index contributed by atoms with van der Waals surface area (Å²) >= 11 is 0. The predicted molar refractivity (Wildman–Crippen MR) is 74.1 cm³/mol. The summed E-state index contributed by atoms with van der Waals surface area (Å²) in [6.07, 6.45) is 8.25. The van der Waals surface area contributed by atoms with Gasteiger partial charge in [0.05, 0.1) is 6.54 Å². The molecular weight excluding hydrogens is 238 g/mol. The van der Waals surface area contributed by atoms with Crippen molar-refractivity contribution in [3.05, 3.63) is 41.0 Å². The summed E-state index contributed by atoms with van der Waals surface area (Å²) in [5.41, 5.74) is 3.94. The first-order valence-corrected chi connectivity index (χ1v) is 7.10. The predicted octanol–water partition coefficient (Wildman–Crippen LogP) is 2.82. The van der Waals surface area contributed by atoms with Crippen LogP contribution in [0.4, 0.5) is 0 Å². The lowest BCUT2D eigenvalue weighted by atomic mass is 9.91. The molecule has 0 fully saturated rings. The molecule has 4 heteroatoms. The molecule has 1 unspecified atom stereocenters. The highest BCUT2D eigenvalue weighted by molar-refractivity contribution is 5.30. The molecule has 0 spiro atoms. The summed E-state index contributed by atoms with van der Waals surface area (Å²) in [4.78, 5) is 0. The maximum Gasteiger partial charge on any atom is 0.133 e. The zero-order valence-electron chi connectivity index (χ0n) is 11.6. The fourth-order valence-electron chi connectivity index (χ4n) is 2.98. The Hall–Kier alpha value is -1.55. The third kappa shape index (κ3) is 2.59. The van der Waals surface area contributed by atoms with Gasteiger partial charge in [0.1, 0.15) is 11.5 Å². The summed E-state index contributed by atoms with van der Waals surface area (Å²) in [7, 11) is 0. The highest BCUT2D eigenvalue weighted by atomic mass is 16.5. The van der Waals surface area contributed by atoms with Crippen molar-refractivity contribution in [1.82, 2.24) is 15.0 Å². The number of aryl methyl sites for hydroxylation is 2. The van der Waals surface area contributed by atoms with Crippen molar-refractivity contribution in [2.75, 3.05) is 6.54 Å². The minimum absolute atomic E-state index is 0.522. The number of hydrogen-bond donors (Lipinski definition) is 1. The second kappa shape index (κ2) is 5.21. The molecule has 1 atom stereocenters. The normalized spacial score (nSPS) is 18.5. The molecule has 0 aliphatic heterocycles. The molecule has 1 aliphatic carbocycles. The van der Waals surface area contributed by atoms with E-state index >= 15 is 0 Å². The molecule has 4 nitrogen and oxygen atoms in total. The monoisotopic (exact) mass is 259 g/mol. The first-order chi connectivity index (χ1) is 9.26. The molecule has 0 amide bonds. The average Bonchev–Trinajstić information content (AvgIpc) is 2.97. The second-order valence-electron chi connectivity index (χ2n) is 5.34. The molecule has 0 saturated heterocycles. The van der Waals surface area contributed by atoms with Gasteiger partial charge in [0, 0.05) is 24.5 Å². The Kier molecular flexibility index (Phi) is 3.42. The van der Waals surface area contributed by atoms with Gasteiger partial charge in [-0.1, -0.05) is 12.1 Å². The largest absolute Gasteiger partial charge is 0.361 e. The molecule has 0 saturated carbocycles. The van der Waals surface area contributed by atoms with Gasteiger partial charge in [-0.05, 0) is 43.9 Å². The van der Waals surface area contributed by atoms with Crippen molar-refractivity contribution in [2.24, 2.45) is 0 Å². The fraction of sp³-hybridized carbons (Fsp3) is 0.533. The minimum atomic E-state index is 0.522. The first kappa shape index (κ1) is 12.5. The molecule has 3 rings (SSSR count). The Morgan fingerprint density at radius 3 is 3.11 bits per heavy atom. The van der Waals surface area contributed by atoms with Crippen molar-refractivity contribution in [3.63, 3.8) is 0 Å². The Bertz CT molecular complexity index is 555. The van der Waals surface area contributed by atoms with Crippen molar-refractivity contribution in [3.8, 4) is 0 Å². The van der Waals surface area contributed by atoms with Crippen LogP contribution in [0.5, 0.6) is 0 Å². The van der Waals surface area contributed by atoms with Crippen molar-refractivity contribution < 1.29 is 4.52 Å². The van der Waals surface area contributed by atoms with E-state index < -0.39 is 0 Å². The topological polar surface area (TPSA) is 43.0 Å². The second-order valence-corrected chi connectivity index (χ2v) is 5.34. The minimum Gasteiger partial charge on any atom is -0.361 e. The van der Waals surface area contributed by atoms with Gasteiger partial charge in [0.15, 0.2) is 0 Å². The van der Waals surface area contributed by atoms with Gasteiger partial charge in [0.2, 0.25) is 0 Å². The van der Waals surface area contributed by atoms with Gasteiger partial charge in [0.25, 0.3) is 0 Å². The van der Waals surface area contributed by atoms with Crippen LogP contribution < -0.4 is 5.32 Å². The Morgan fingerprint density at radius 2 is 2.37 bits per heavy atom. The lowest BCUT2D eigenvalue weighted by Crippen LogP contribution is -2.23. The first-order valence-electron chi connectivity index (χ1n) is 7.10. The average molecular weight is 259 g/mol. The number of rotatable bonds is 4. The maximum atomic E-state index is 5.12. The van der Waals surface area contributed by atoms with E-state index in [1.54, 1.807) is 0 Å². The van der Waals surface area contributed by atoms with E-state index in [1.807, 2.05) is 13.0 Å². The van der Waals surface area contributed by atoms with Gasteiger partial charge < -0.3 is 14.4 Å². The fourth-order valence-corrected chi connectivity index (χ4v) is 2.98. The van der Waals surface area contributed by atoms with Crippen LogP contribution in [0.1, 0.15) is 48.4 Å². The summed E-state index contributed by atoms with van der Waals surface area (Å²) in [5, 5.41) is 7.64. The maximum absolute atomic E-state index is 5.12. The van der Waals surface area contributed by atoms with Crippen molar-refractivity contribution >= 4 is 0 Å². The number of nitrogens with zero attached hydrogens (tertiary/aromatic N) is 2. The van der Waals surface area contributed by atoms with Crippen LogP contribution in [0.3, 0.4) is 0 Å². The third-order valence-corrected chi connectivity index (χ3v) is 3.78. The number of aromatic nitrogens is 2. The standard InChI is InChI=1S/C15H21N3O/c1-3-16-15-6-4-5-12-8-18(10-14(12)15)9-13-7-11(2)19-17-13/h7-8,10,15-16H,3-6,9H2,1-2H3. The SMILES string of the molecule is CCNC1CCCc2cn(Cc3cc(C)on3)cc21. The number of nitrogens with one attached hydrogen (secondary N) is 1. The molecule has 2 heterocycles. The van der Waals surface area contributed by atoms with Crippen LogP contribution in [0.25, 0.3) is 0 Å². The molecule has 1 aliphatic rings. The van der Waals surface area contributed by atoms with Crippen LogP contribution in [0.2, 0.25) is 0 Å². The number of fused-ring (bicyclic) bond motifs is 1. The van der Waals surface area contributed by atoms with Crippen LogP contribution in [-0.4, -0.2) is 16.3 Å². The van der Waals surface area contributed by atoms with Gasteiger partial charge in [-0.15, -0.1) is 0 Å². The summed E-state index contributed by atoms with van der Waals surface area (Å²) in [5.74, 6) is 0.873. The molecule has 0 bridgehead atoms. The van der Waals surface area contributed by atoms with E-state index in [0.29, 0.717) is 6.04 Å². The molecule has 2 aromatic heterocycles. The molecule has 1 N–H and O–H groups in total. The summed E-state index contributed by atoms with van der Waals surface area (Å²) in [6, 6.07) is 2.52. The molecular formula is C15H21N3O. The summed E-state index contributed by atoms with van der Waals surface area (Å²) < 4.78 is 7.36. The Labute approximate surface area is 113 Å². The van der Waals surface area contributed by atoms with Crippen molar-refractivity contribution in [2.45, 2.75) is 45.7 Å². The van der Waals surface area contributed by atoms with E-state index in [1.165, 1.54) is 30.4 Å². The lowest BCUT2D eigenvalue weighted by molar-refractivity contribution is 0.389. The Morgan fingerprint density at radius 1 is 1.47 bits per heavy atom. The van der Waals surface area contributed by atoms with Gasteiger partial charge in [-0.25, -0.2) is 0 Å². The van der Waals surface area contributed by atoms with Crippen LogP contribution >= 0.6 is 0 Å². The molecule has 0 radical (unpaired) electrons. The van der Waals surface area contributed by atoms with Crippen LogP contribution in [0, 0.1) is 6.92 Å². The number of hydrogen-bond acceptors (Lipinski definition) is 3. The highest BCUT2D eigenvalue weighted by Crippen LogP contribution is 2.30. The molecule has 2 aromatic rings.